The first kappa shape index (κ1) is 27.5. The van der Waals surface area contributed by atoms with Crippen molar-refractivity contribution in [1.29, 1.82) is 0 Å². The van der Waals surface area contributed by atoms with E-state index >= 15 is 0 Å². The van der Waals surface area contributed by atoms with Crippen molar-refractivity contribution in [3.05, 3.63) is 23.8 Å². The Morgan fingerprint density at radius 3 is 2.31 bits per heavy atom. The quantitative estimate of drug-likeness (QED) is 0.278. The molecule has 0 N–H and O–H groups in total. The standard InChI is InChI=1S/C32H50O4/c1-20(2)21(3)9-10-22(4)27-11-12-28-26-14-18-32(36-24(6)34)19-25(35-23(5)33)13-17-31(32,8)29(26)15-16-30(27,28)7/h9-10,14,20-22,25,27-29H,11-13,15-19H2,1-8H3/b10-9+/t21-,22+,25+,27+,28-,29+,30-,31+,32+/m0/s1. The van der Waals surface area contributed by atoms with E-state index in [1.807, 2.05) is 0 Å². The fourth-order valence-electron chi connectivity index (χ4n) is 8.87. The normalized spacial score (nSPS) is 41.6. The summed E-state index contributed by atoms with van der Waals surface area (Å²) in [5, 5.41) is 0. The van der Waals surface area contributed by atoms with Crippen molar-refractivity contribution in [2.24, 2.45) is 46.3 Å². The lowest BCUT2D eigenvalue weighted by molar-refractivity contribution is -0.209. The van der Waals surface area contributed by atoms with Crippen LogP contribution < -0.4 is 0 Å². The van der Waals surface area contributed by atoms with Crippen LogP contribution in [0.2, 0.25) is 0 Å². The lowest BCUT2D eigenvalue weighted by Gasteiger charge is -2.62. The highest BCUT2D eigenvalue weighted by Crippen LogP contribution is 2.68. The van der Waals surface area contributed by atoms with Gasteiger partial charge in [-0.25, -0.2) is 0 Å². The summed E-state index contributed by atoms with van der Waals surface area (Å²) >= 11 is 0. The van der Waals surface area contributed by atoms with Gasteiger partial charge in [-0.15, -0.1) is 0 Å². The van der Waals surface area contributed by atoms with Gasteiger partial charge in [-0.1, -0.05) is 65.3 Å². The molecule has 4 nitrogen and oxygen atoms in total. The van der Waals surface area contributed by atoms with Gasteiger partial charge < -0.3 is 9.47 Å². The minimum atomic E-state index is -0.583. The van der Waals surface area contributed by atoms with E-state index in [1.54, 1.807) is 5.57 Å². The highest BCUT2D eigenvalue weighted by molar-refractivity contribution is 5.67. The van der Waals surface area contributed by atoms with E-state index in [4.69, 9.17) is 9.47 Å². The Hall–Kier alpha value is -1.58. The summed E-state index contributed by atoms with van der Waals surface area (Å²) in [5.74, 6) is 3.20. The van der Waals surface area contributed by atoms with Crippen LogP contribution in [0, 0.1) is 46.3 Å². The van der Waals surface area contributed by atoms with Crippen molar-refractivity contribution in [2.45, 2.75) is 118 Å². The van der Waals surface area contributed by atoms with Gasteiger partial charge in [-0.3, -0.25) is 9.59 Å². The Morgan fingerprint density at radius 2 is 1.67 bits per heavy atom. The number of ether oxygens (including phenoxy) is 2. The zero-order chi connectivity index (χ0) is 26.5. The first-order chi connectivity index (χ1) is 16.8. The Kier molecular flexibility index (Phi) is 7.59. The average molecular weight is 499 g/mol. The summed E-state index contributed by atoms with van der Waals surface area (Å²) in [7, 11) is 0. The van der Waals surface area contributed by atoms with E-state index in [2.05, 4.69) is 59.8 Å². The highest BCUT2D eigenvalue weighted by Gasteiger charge is 2.64. The first-order valence-corrected chi connectivity index (χ1v) is 14.6. The summed E-state index contributed by atoms with van der Waals surface area (Å²) in [6, 6.07) is 0. The van der Waals surface area contributed by atoms with Crippen LogP contribution in [0.4, 0.5) is 0 Å². The summed E-state index contributed by atoms with van der Waals surface area (Å²) < 4.78 is 11.9. The smallest absolute Gasteiger partial charge is 0.303 e. The molecule has 4 rings (SSSR count). The Balaban J connectivity index is 1.61. The maximum Gasteiger partial charge on any atom is 0.303 e. The lowest BCUT2D eigenvalue weighted by atomic mass is 9.46. The largest absolute Gasteiger partial charge is 0.462 e. The van der Waals surface area contributed by atoms with Crippen LogP contribution in [0.1, 0.15) is 107 Å². The van der Waals surface area contributed by atoms with Gasteiger partial charge in [0.2, 0.25) is 0 Å². The van der Waals surface area contributed by atoms with Gasteiger partial charge >= 0.3 is 11.9 Å². The summed E-state index contributed by atoms with van der Waals surface area (Å²) in [4.78, 5) is 24.1. The molecule has 0 aromatic heterocycles. The molecule has 0 aliphatic heterocycles. The molecule has 9 atom stereocenters. The van der Waals surface area contributed by atoms with Crippen LogP contribution in [-0.4, -0.2) is 23.6 Å². The van der Waals surface area contributed by atoms with Gasteiger partial charge in [0.1, 0.15) is 11.7 Å². The number of rotatable bonds is 6. The van der Waals surface area contributed by atoms with Crippen LogP contribution in [0.5, 0.6) is 0 Å². The maximum absolute atomic E-state index is 12.3. The number of fused-ring (bicyclic) bond motifs is 5. The number of hydrogen-bond acceptors (Lipinski definition) is 4. The zero-order valence-corrected chi connectivity index (χ0v) is 24.1. The van der Waals surface area contributed by atoms with Gasteiger partial charge in [-0.05, 0) is 79.4 Å². The molecule has 0 radical (unpaired) electrons. The van der Waals surface area contributed by atoms with E-state index in [-0.39, 0.29) is 23.5 Å². The molecular formula is C32H50O4. The van der Waals surface area contributed by atoms with Crippen molar-refractivity contribution in [2.75, 3.05) is 0 Å². The zero-order valence-electron chi connectivity index (χ0n) is 24.1. The maximum atomic E-state index is 12.3. The Morgan fingerprint density at radius 1 is 0.944 bits per heavy atom. The predicted octanol–water partition coefficient (Wildman–Crippen LogP) is 7.67. The van der Waals surface area contributed by atoms with Crippen LogP contribution in [0.25, 0.3) is 0 Å². The van der Waals surface area contributed by atoms with Gasteiger partial charge in [0.15, 0.2) is 0 Å². The second kappa shape index (κ2) is 9.95. The topological polar surface area (TPSA) is 52.6 Å². The van der Waals surface area contributed by atoms with E-state index in [1.165, 1.54) is 33.1 Å². The summed E-state index contributed by atoms with van der Waals surface area (Å²) in [6.07, 6.45) is 15.3. The molecule has 3 saturated carbocycles. The van der Waals surface area contributed by atoms with Crippen LogP contribution in [0.15, 0.2) is 23.8 Å². The Bertz CT molecular complexity index is 917. The third-order valence-electron chi connectivity index (χ3n) is 11.3. The van der Waals surface area contributed by atoms with E-state index in [9.17, 15) is 9.59 Å². The predicted molar refractivity (Wildman–Crippen MR) is 144 cm³/mol. The molecule has 0 spiro atoms. The molecule has 0 unspecified atom stereocenters. The van der Waals surface area contributed by atoms with E-state index in [0.717, 1.165) is 25.7 Å². The second-order valence-electron chi connectivity index (χ2n) is 13.6. The van der Waals surface area contributed by atoms with Crippen molar-refractivity contribution in [3.8, 4) is 0 Å². The van der Waals surface area contributed by atoms with Gasteiger partial charge in [-0.2, -0.15) is 0 Å². The van der Waals surface area contributed by atoms with E-state index in [0.29, 0.717) is 47.3 Å². The molecule has 202 valence electrons. The molecule has 0 heterocycles. The van der Waals surface area contributed by atoms with Gasteiger partial charge in [0.05, 0.1) is 0 Å². The van der Waals surface area contributed by atoms with Crippen molar-refractivity contribution in [3.63, 3.8) is 0 Å². The monoisotopic (exact) mass is 498 g/mol. The second-order valence-corrected chi connectivity index (χ2v) is 13.6. The van der Waals surface area contributed by atoms with Gasteiger partial charge in [0.25, 0.3) is 0 Å². The van der Waals surface area contributed by atoms with Crippen LogP contribution in [0.3, 0.4) is 0 Å². The number of esters is 2. The van der Waals surface area contributed by atoms with Gasteiger partial charge in [0, 0.05) is 32.1 Å². The molecule has 0 saturated heterocycles. The minimum Gasteiger partial charge on any atom is -0.462 e. The SMILES string of the molecule is CC(=O)O[C@@H]1CC[C@]2(C)[C@@H]3CC[C@@]4(C)[C@@H]([C@H](C)/C=C/[C@H](C)C(C)C)CC[C@H]4C3=CC[C@@]2(OC(C)=O)C1. The highest BCUT2D eigenvalue weighted by atomic mass is 16.6. The molecular weight excluding hydrogens is 448 g/mol. The Labute approximate surface area is 219 Å². The molecule has 3 fully saturated rings. The minimum absolute atomic E-state index is 0.114. The molecule has 4 aliphatic carbocycles. The number of carbonyl (C=O) groups is 2. The molecule has 4 heteroatoms. The van der Waals surface area contributed by atoms with E-state index < -0.39 is 5.60 Å². The first-order valence-electron chi connectivity index (χ1n) is 14.6. The van der Waals surface area contributed by atoms with Crippen LogP contribution in [-0.2, 0) is 19.1 Å². The summed E-state index contributed by atoms with van der Waals surface area (Å²) in [5.41, 5.74) is 1.28. The summed E-state index contributed by atoms with van der Waals surface area (Å²) in [6.45, 7) is 17.3. The molecule has 4 aliphatic rings. The molecule has 0 aromatic carbocycles. The number of hydrogen-bond donors (Lipinski definition) is 0. The molecule has 0 amide bonds. The third-order valence-corrected chi connectivity index (χ3v) is 11.3. The number of allylic oxidation sites excluding steroid dienone is 3. The average Bonchev–Trinajstić information content (AvgIpc) is 3.14. The van der Waals surface area contributed by atoms with Crippen molar-refractivity contribution >= 4 is 11.9 Å². The fourth-order valence-corrected chi connectivity index (χ4v) is 8.87. The lowest BCUT2D eigenvalue weighted by Crippen LogP contribution is -2.61. The fraction of sp³-hybridized carbons (Fsp3) is 0.812. The molecule has 36 heavy (non-hydrogen) atoms. The van der Waals surface area contributed by atoms with Crippen LogP contribution >= 0.6 is 0 Å². The number of carbonyl (C=O) groups excluding carboxylic acids is 2. The van der Waals surface area contributed by atoms with Crippen molar-refractivity contribution < 1.29 is 19.1 Å². The van der Waals surface area contributed by atoms with Crippen molar-refractivity contribution in [1.82, 2.24) is 0 Å². The third kappa shape index (κ3) is 4.60. The molecule has 0 aromatic rings. The molecule has 0 bridgehead atoms.